The van der Waals surface area contributed by atoms with Crippen molar-refractivity contribution < 1.29 is 4.74 Å². The van der Waals surface area contributed by atoms with Crippen molar-refractivity contribution >= 4 is 28.2 Å². The molecule has 19 heavy (non-hydrogen) atoms. The molecule has 0 saturated heterocycles. The molecule has 2 aromatic carbocycles. The zero-order valence-electron chi connectivity index (χ0n) is 10.8. The lowest BCUT2D eigenvalue weighted by Crippen LogP contribution is -1.95. The first kappa shape index (κ1) is 14.1. The standard InChI is InChI=1S/C16H16OS2/c1-17-15-9-7-13(8-10-15)11-12-19-16(18)14-5-3-2-4-6-14/h2-10H,11-12H2,1H3. The van der Waals surface area contributed by atoms with E-state index in [0.29, 0.717) is 0 Å². The van der Waals surface area contributed by atoms with E-state index in [1.54, 1.807) is 18.9 Å². The minimum absolute atomic E-state index is 0.899. The third-order valence-electron chi connectivity index (χ3n) is 2.79. The van der Waals surface area contributed by atoms with Crippen LogP contribution in [0.5, 0.6) is 5.75 Å². The number of methoxy groups -OCH3 is 1. The largest absolute Gasteiger partial charge is 0.497 e. The van der Waals surface area contributed by atoms with Crippen molar-refractivity contribution in [1.82, 2.24) is 0 Å². The number of thiocarbonyl (C=S) groups is 1. The molecule has 0 spiro atoms. The highest BCUT2D eigenvalue weighted by Crippen LogP contribution is 2.17. The monoisotopic (exact) mass is 288 g/mol. The quantitative estimate of drug-likeness (QED) is 0.757. The van der Waals surface area contributed by atoms with E-state index in [1.807, 2.05) is 30.3 Å². The van der Waals surface area contributed by atoms with Crippen LogP contribution in [0.25, 0.3) is 0 Å². The number of hydrogen-bond donors (Lipinski definition) is 0. The summed E-state index contributed by atoms with van der Waals surface area (Å²) in [6, 6.07) is 18.4. The van der Waals surface area contributed by atoms with Gasteiger partial charge in [0.05, 0.1) is 11.3 Å². The Bertz CT molecular complexity index is 520. The van der Waals surface area contributed by atoms with Gasteiger partial charge < -0.3 is 4.74 Å². The number of thioether (sulfide) groups is 1. The molecule has 0 aliphatic carbocycles. The van der Waals surface area contributed by atoms with Crippen LogP contribution < -0.4 is 4.74 Å². The topological polar surface area (TPSA) is 9.23 Å². The molecule has 0 saturated carbocycles. The third kappa shape index (κ3) is 4.37. The molecule has 0 bridgehead atoms. The van der Waals surface area contributed by atoms with Crippen LogP contribution >= 0.6 is 24.0 Å². The predicted octanol–water partition coefficient (Wildman–Crippen LogP) is 4.35. The maximum Gasteiger partial charge on any atom is 0.118 e. The molecule has 0 unspecified atom stereocenters. The fourth-order valence-corrected chi connectivity index (χ4v) is 2.92. The van der Waals surface area contributed by atoms with E-state index in [1.165, 1.54) is 5.56 Å². The first-order valence-corrected chi connectivity index (χ1v) is 7.54. The van der Waals surface area contributed by atoms with Crippen LogP contribution in [0.15, 0.2) is 54.6 Å². The first-order valence-electron chi connectivity index (χ1n) is 6.14. The summed E-state index contributed by atoms with van der Waals surface area (Å²) in [7, 11) is 1.68. The molecule has 0 heterocycles. The molecule has 0 aliphatic rings. The number of hydrogen-bond acceptors (Lipinski definition) is 3. The molecule has 2 aromatic rings. The average Bonchev–Trinajstić information content (AvgIpc) is 2.49. The van der Waals surface area contributed by atoms with Gasteiger partial charge in [-0.2, -0.15) is 0 Å². The molecule has 2 rings (SSSR count). The van der Waals surface area contributed by atoms with Crippen LogP contribution in [0.4, 0.5) is 0 Å². The van der Waals surface area contributed by atoms with Crippen LogP contribution in [0.2, 0.25) is 0 Å². The first-order chi connectivity index (χ1) is 9.29. The van der Waals surface area contributed by atoms with Gasteiger partial charge >= 0.3 is 0 Å². The molecule has 0 N–H and O–H groups in total. The maximum absolute atomic E-state index is 5.42. The lowest BCUT2D eigenvalue weighted by Gasteiger charge is -2.05. The van der Waals surface area contributed by atoms with E-state index >= 15 is 0 Å². The predicted molar refractivity (Wildman–Crippen MR) is 87.3 cm³/mol. The van der Waals surface area contributed by atoms with Crippen molar-refractivity contribution in [2.45, 2.75) is 6.42 Å². The molecule has 0 aromatic heterocycles. The SMILES string of the molecule is COc1ccc(CCSC(=S)c2ccccc2)cc1. The summed E-state index contributed by atoms with van der Waals surface area (Å²) < 4.78 is 6.11. The summed E-state index contributed by atoms with van der Waals surface area (Å²) in [6.45, 7) is 0. The number of aryl methyl sites for hydroxylation is 1. The Morgan fingerprint density at radius 2 is 1.74 bits per heavy atom. The van der Waals surface area contributed by atoms with Gasteiger partial charge in [0, 0.05) is 5.75 Å². The highest BCUT2D eigenvalue weighted by atomic mass is 32.2. The van der Waals surface area contributed by atoms with Crippen molar-refractivity contribution in [3.8, 4) is 5.75 Å². The normalized spacial score (nSPS) is 10.2. The van der Waals surface area contributed by atoms with Gasteiger partial charge in [-0.3, -0.25) is 0 Å². The lowest BCUT2D eigenvalue weighted by molar-refractivity contribution is 0.414. The van der Waals surface area contributed by atoms with E-state index in [4.69, 9.17) is 17.0 Å². The minimum Gasteiger partial charge on any atom is -0.497 e. The van der Waals surface area contributed by atoms with Gasteiger partial charge in [-0.05, 0) is 29.7 Å². The summed E-state index contributed by atoms with van der Waals surface area (Å²) in [6.07, 6.45) is 1.02. The van der Waals surface area contributed by atoms with Crippen molar-refractivity contribution in [3.05, 3.63) is 65.7 Å². The Morgan fingerprint density at radius 3 is 2.37 bits per heavy atom. The number of rotatable bonds is 5. The minimum atomic E-state index is 0.899. The van der Waals surface area contributed by atoms with Gasteiger partial charge in [0.2, 0.25) is 0 Å². The van der Waals surface area contributed by atoms with Crippen LogP contribution in [0.1, 0.15) is 11.1 Å². The highest BCUT2D eigenvalue weighted by Gasteiger charge is 2.01. The lowest BCUT2D eigenvalue weighted by atomic mass is 10.2. The van der Waals surface area contributed by atoms with Gasteiger partial charge in [0.1, 0.15) is 5.75 Å². The van der Waals surface area contributed by atoms with Crippen molar-refractivity contribution in [3.63, 3.8) is 0 Å². The second kappa shape index (κ2) is 7.31. The van der Waals surface area contributed by atoms with Gasteiger partial charge in [-0.1, -0.05) is 54.7 Å². The molecular weight excluding hydrogens is 272 g/mol. The Balaban J connectivity index is 1.81. The third-order valence-corrected chi connectivity index (χ3v) is 4.29. The second-order valence-corrected chi connectivity index (χ2v) is 5.87. The molecule has 3 heteroatoms. The zero-order valence-corrected chi connectivity index (χ0v) is 12.5. The van der Waals surface area contributed by atoms with Crippen LogP contribution in [0.3, 0.4) is 0 Å². The van der Waals surface area contributed by atoms with E-state index < -0.39 is 0 Å². The van der Waals surface area contributed by atoms with Gasteiger partial charge in [-0.25, -0.2) is 0 Å². The maximum atomic E-state index is 5.42. The summed E-state index contributed by atoms with van der Waals surface area (Å²) in [5.74, 6) is 1.90. The molecule has 1 nitrogen and oxygen atoms in total. The fourth-order valence-electron chi connectivity index (χ4n) is 1.71. The molecule has 0 radical (unpaired) electrons. The molecule has 0 atom stereocenters. The van der Waals surface area contributed by atoms with Crippen molar-refractivity contribution in [1.29, 1.82) is 0 Å². The Morgan fingerprint density at radius 1 is 1.05 bits per heavy atom. The Labute approximate surface area is 124 Å². The number of ether oxygens (including phenoxy) is 1. The smallest absolute Gasteiger partial charge is 0.118 e. The van der Waals surface area contributed by atoms with Crippen molar-refractivity contribution in [2.24, 2.45) is 0 Å². The Hall–Kier alpha value is -1.32. The zero-order chi connectivity index (χ0) is 13.5. The van der Waals surface area contributed by atoms with Crippen molar-refractivity contribution in [2.75, 3.05) is 12.9 Å². The summed E-state index contributed by atoms with van der Waals surface area (Å²) in [5.41, 5.74) is 2.45. The number of benzene rings is 2. The highest BCUT2D eigenvalue weighted by molar-refractivity contribution is 8.23. The molecule has 0 aliphatic heterocycles. The molecule has 0 amide bonds. The van der Waals surface area contributed by atoms with E-state index in [9.17, 15) is 0 Å². The van der Waals surface area contributed by atoms with Crippen LogP contribution in [0, 0.1) is 0 Å². The molecular formula is C16H16OS2. The van der Waals surface area contributed by atoms with Gasteiger partial charge in [0.25, 0.3) is 0 Å². The van der Waals surface area contributed by atoms with Crippen LogP contribution in [-0.4, -0.2) is 17.1 Å². The van der Waals surface area contributed by atoms with Gasteiger partial charge in [0.15, 0.2) is 0 Å². The Kier molecular flexibility index (Phi) is 5.43. The second-order valence-electron chi connectivity index (χ2n) is 4.10. The summed E-state index contributed by atoms with van der Waals surface area (Å²) in [4.78, 5) is 0. The van der Waals surface area contributed by atoms with E-state index in [-0.39, 0.29) is 0 Å². The van der Waals surface area contributed by atoms with E-state index in [0.717, 1.165) is 27.7 Å². The van der Waals surface area contributed by atoms with Crippen LogP contribution in [-0.2, 0) is 6.42 Å². The van der Waals surface area contributed by atoms with E-state index in [2.05, 4.69) is 24.3 Å². The average molecular weight is 288 g/mol. The fraction of sp³-hybridized carbons (Fsp3) is 0.188. The summed E-state index contributed by atoms with van der Waals surface area (Å²) in [5, 5.41) is 0. The molecule has 98 valence electrons. The summed E-state index contributed by atoms with van der Waals surface area (Å²) >= 11 is 7.15. The van der Waals surface area contributed by atoms with Gasteiger partial charge in [-0.15, -0.1) is 11.8 Å². The molecule has 0 fully saturated rings.